The second-order valence-corrected chi connectivity index (χ2v) is 7.30. The van der Waals surface area contributed by atoms with Crippen LogP contribution < -0.4 is 9.80 Å². The number of aromatic nitrogens is 2. The van der Waals surface area contributed by atoms with E-state index in [9.17, 15) is 14.4 Å². The molecule has 2 amide bonds. The molecule has 0 fully saturated rings. The Morgan fingerprint density at radius 3 is 2.59 bits per heavy atom. The molecule has 1 aliphatic heterocycles. The molecule has 1 aromatic carbocycles. The molecular weight excluding hydrogens is 376 g/mol. The molecule has 0 unspecified atom stereocenters. The van der Waals surface area contributed by atoms with Gasteiger partial charge in [-0.25, -0.2) is 4.79 Å². The summed E-state index contributed by atoms with van der Waals surface area (Å²) < 4.78 is 6.71. The van der Waals surface area contributed by atoms with Gasteiger partial charge in [-0.1, -0.05) is 6.07 Å². The van der Waals surface area contributed by atoms with Gasteiger partial charge >= 0.3 is 12.1 Å². The summed E-state index contributed by atoms with van der Waals surface area (Å²) in [5, 5.41) is 13.0. The quantitative estimate of drug-likeness (QED) is 0.846. The van der Waals surface area contributed by atoms with Crippen molar-refractivity contribution in [2.24, 2.45) is 0 Å². The van der Waals surface area contributed by atoms with Gasteiger partial charge in [0.1, 0.15) is 6.54 Å². The minimum absolute atomic E-state index is 0.113. The molecule has 29 heavy (non-hydrogen) atoms. The van der Waals surface area contributed by atoms with E-state index in [0.717, 1.165) is 5.56 Å². The zero-order chi connectivity index (χ0) is 21.3. The van der Waals surface area contributed by atoms with E-state index in [-0.39, 0.29) is 24.6 Å². The fourth-order valence-corrected chi connectivity index (χ4v) is 3.46. The summed E-state index contributed by atoms with van der Waals surface area (Å²) in [5.41, 5.74) is 2.64. The van der Waals surface area contributed by atoms with E-state index >= 15 is 0 Å². The number of anilines is 2. The van der Waals surface area contributed by atoms with Crippen LogP contribution in [-0.2, 0) is 20.9 Å². The van der Waals surface area contributed by atoms with Gasteiger partial charge in [0.05, 0.1) is 29.7 Å². The first-order valence-electron chi connectivity index (χ1n) is 9.34. The monoisotopic (exact) mass is 400 g/mol. The molecule has 9 nitrogen and oxygen atoms in total. The van der Waals surface area contributed by atoms with Gasteiger partial charge in [-0.3, -0.25) is 19.2 Å². The lowest BCUT2D eigenvalue weighted by atomic mass is 10.0. The Kier molecular flexibility index (Phi) is 5.58. The normalized spacial score (nSPS) is 16.0. The number of fused-ring (bicyclic) bond motifs is 1. The molecule has 0 aliphatic carbocycles. The lowest BCUT2D eigenvalue weighted by Crippen LogP contribution is -2.51. The topological polar surface area (TPSA) is 105 Å². The summed E-state index contributed by atoms with van der Waals surface area (Å²) in [6, 6.07) is 5.19. The van der Waals surface area contributed by atoms with E-state index in [1.807, 2.05) is 13.0 Å². The lowest BCUT2D eigenvalue weighted by Gasteiger charge is -2.40. The van der Waals surface area contributed by atoms with Crippen LogP contribution >= 0.6 is 0 Å². The summed E-state index contributed by atoms with van der Waals surface area (Å²) >= 11 is 0. The highest BCUT2D eigenvalue weighted by atomic mass is 16.6. The third-order valence-electron chi connectivity index (χ3n) is 4.57. The fourth-order valence-electron chi connectivity index (χ4n) is 3.46. The van der Waals surface area contributed by atoms with E-state index < -0.39 is 12.1 Å². The third kappa shape index (κ3) is 4.23. The van der Waals surface area contributed by atoms with Crippen molar-refractivity contribution in [3.05, 3.63) is 30.6 Å². The van der Waals surface area contributed by atoms with E-state index in [2.05, 4.69) is 5.10 Å². The van der Waals surface area contributed by atoms with E-state index in [0.29, 0.717) is 23.5 Å². The van der Waals surface area contributed by atoms with Crippen LogP contribution in [0.2, 0.25) is 0 Å². The number of amides is 2. The Morgan fingerprint density at radius 1 is 1.24 bits per heavy atom. The van der Waals surface area contributed by atoms with Gasteiger partial charge in [0, 0.05) is 25.2 Å². The third-order valence-corrected chi connectivity index (χ3v) is 4.57. The average Bonchev–Trinajstić information content (AvgIpc) is 3.07. The summed E-state index contributed by atoms with van der Waals surface area (Å²) in [6.07, 6.45) is 2.44. The van der Waals surface area contributed by atoms with E-state index in [1.165, 1.54) is 16.5 Å². The number of carbonyl (C=O) groups is 3. The van der Waals surface area contributed by atoms with Crippen LogP contribution in [0.4, 0.5) is 16.2 Å². The molecule has 3 rings (SSSR count). The molecule has 9 heteroatoms. The number of carboxylic acids is 1. The van der Waals surface area contributed by atoms with Crippen molar-refractivity contribution in [1.82, 2.24) is 9.78 Å². The second kappa shape index (κ2) is 7.94. The first-order valence-corrected chi connectivity index (χ1v) is 9.34. The van der Waals surface area contributed by atoms with Crippen LogP contribution in [-0.4, -0.2) is 51.5 Å². The maximum atomic E-state index is 12.7. The molecule has 0 saturated heterocycles. The van der Waals surface area contributed by atoms with Gasteiger partial charge in [-0.2, -0.15) is 5.10 Å². The van der Waals surface area contributed by atoms with Crippen molar-refractivity contribution in [2.75, 3.05) is 16.3 Å². The molecule has 2 heterocycles. The first-order chi connectivity index (χ1) is 13.7. The van der Waals surface area contributed by atoms with Crippen molar-refractivity contribution in [2.45, 2.75) is 46.4 Å². The highest BCUT2D eigenvalue weighted by Gasteiger charge is 2.34. The summed E-state index contributed by atoms with van der Waals surface area (Å²) in [7, 11) is 0. The minimum atomic E-state index is -0.987. The number of benzene rings is 1. The highest BCUT2D eigenvalue weighted by molar-refractivity contribution is 6.03. The minimum Gasteiger partial charge on any atom is -0.480 e. The van der Waals surface area contributed by atoms with E-state index in [4.69, 9.17) is 9.84 Å². The Balaban J connectivity index is 2.04. The number of carbonyl (C=O) groups excluding carboxylic acids is 2. The maximum absolute atomic E-state index is 12.7. The van der Waals surface area contributed by atoms with E-state index in [1.54, 1.807) is 43.3 Å². The average molecular weight is 400 g/mol. The van der Waals surface area contributed by atoms with Gasteiger partial charge in [-0.15, -0.1) is 0 Å². The van der Waals surface area contributed by atoms with Gasteiger partial charge in [-0.05, 0) is 38.5 Å². The van der Waals surface area contributed by atoms with Gasteiger partial charge < -0.3 is 14.7 Å². The molecule has 1 aromatic heterocycles. The standard InChI is InChI=1S/C20H24N4O5/c1-12(2)29-20(28)23-9-13(3)24(14(4)25)17-6-5-15(7-18(17)23)16-8-21-22(10-16)11-19(26)27/h5-8,10,12-13H,9,11H2,1-4H3,(H,26,27)/t13-/m0/s1. The molecule has 154 valence electrons. The number of hydrogen-bond acceptors (Lipinski definition) is 5. The predicted molar refractivity (Wildman–Crippen MR) is 107 cm³/mol. The molecule has 1 atom stereocenters. The summed E-state index contributed by atoms with van der Waals surface area (Å²) in [5.74, 6) is -1.10. The van der Waals surface area contributed by atoms with Crippen LogP contribution in [0, 0.1) is 0 Å². The first kappa shape index (κ1) is 20.4. The number of ether oxygens (including phenoxy) is 1. The molecule has 0 bridgehead atoms. The van der Waals surface area contributed by atoms with Gasteiger partial charge in [0.25, 0.3) is 0 Å². The lowest BCUT2D eigenvalue weighted by molar-refractivity contribution is -0.137. The SMILES string of the molecule is CC(=O)N1c2ccc(-c3cnn(CC(=O)O)c3)cc2N(C(=O)OC(C)C)C[C@@H]1C. The molecule has 0 saturated carbocycles. The predicted octanol–water partition coefficient (Wildman–Crippen LogP) is 2.74. The highest BCUT2D eigenvalue weighted by Crippen LogP contribution is 2.39. The molecule has 1 aliphatic rings. The van der Waals surface area contributed by atoms with Crippen molar-refractivity contribution in [3.63, 3.8) is 0 Å². The fraction of sp³-hybridized carbons (Fsp3) is 0.400. The number of aliphatic carboxylic acids is 1. The zero-order valence-corrected chi connectivity index (χ0v) is 16.8. The zero-order valence-electron chi connectivity index (χ0n) is 16.8. The Labute approximate surface area is 168 Å². The van der Waals surface area contributed by atoms with Crippen LogP contribution in [0.25, 0.3) is 11.1 Å². The molecule has 1 N–H and O–H groups in total. The van der Waals surface area contributed by atoms with Gasteiger partial charge in [0.2, 0.25) is 5.91 Å². The summed E-state index contributed by atoms with van der Waals surface area (Å²) in [6.45, 7) is 6.99. The van der Waals surface area contributed by atoms with Crippen molar-refractivity contribution >= 4 is 29.3 Å². The molecule has 0 radical (unpaired) electrons. The van der Waals surface area contributed by atoms with Crippen molar-refractivity contribution < 1.29 is 24.2 Å². The maximum Gasteiger partial charge on any atom is 0.414 e. The van der Waals surface area contributed by atoms with Crippen LogP contribution in [0.15, 0.2) is 30.6 Å². The Hall–Kier alpha value is -3.36. The van der Waals surface area contributed by atoms with Crippen LogP contribution in [0.3, 0.4) is 0 Å². The molecular formula is C20H24N4O5. The number of hydrogen-bond donors (Lipinski definition) is 1. The van der Waals surface area contributed by atoms with Gasteiger partial charge in [0.15, 0.2) is 0 Å². The van der Waals surface area contributed by atoms with Crippen LogP contribution in [0.1, 0.15) is 27.7 Å². The Morgan fingerprint density at radius 2 is 1.97 bits per heavy atom. The Bertz CT molecular complexity index is 952. The second-order valence-electron chi connectivity index (χ2n) is 7.30. The summed E-state index contributed by atoms with van der Waals surface area (Å²) in [4.78, 5) is 39.0. The van der Waals surface area contributed by atoms with Crippen molar-refractivity contribution in [1.29, 1.82) is 0 Å². The number of carboxylic acid groups (broad SMARTS) is 1. The largest absolute Gasteiger partial charge is 0.480 e. The van der Waals surface area contributed by atoms with Crippen molar-refractivity contribution in [3.8, 4) is 11.1 Å². The molecule has 2 aromatic rings. The number of rotatable bonds is 4. The molecule has 0 spiro atoms. The smallest absolute Gasteiger partial charge is 0.414 e. The number of nitrogens with zero attached hydrogens (tertiary/aromatic N) is 4. The van der Waals surface area contributed by atoms with Crippen LogP contribution in [0.5, 0.6) is 0 Å².